The van der Waals surface area contributed by atoms with Crippen molar-refractivity contribution in [3.8, 4) is 0 Å². The Balaban J connectivity index is 2.84. The van der Waals surface area contributed by atoms with Gasteiger partial charge in [-0.15, -0.1) is 0 Å². The van der Waals surface area contributed by atoms with Crippen molar-refractivity contribution in [3.63, 3.8) is 0 Å². The standard InChI is InChI=1S/C13H23N3O2S/c1-9(2)10(3)8-16-13-6-5-11(7-12(13)14)19(17,18)15-4/h5-7,9-10,15-16H,8,14H2,1-4H3. The lowest BCUT2D eigenvalue weighted by Gasteiger charge is -2.18. The molecular weight excluding hydrogens is 262 g/mol. The Bertz CT molecular complexity index is 527. The summed E-state index contributed by atoms with van der Waals surface area (Å²) >= 11 is 0. The molecule has 19 heavy (non-hydrogen) atoms. The van der Waals surface area contributed by atoms with Crippen LogP contribution in [0.2, 0.25) is 0 Å². The summed E-state index contributed by atoms with van der Waals surface area (Å²) in [5.74, 6) is 1.10. The van der Waals surface area contributed by atoms with Crippen LogP contribution < -0.4 is 15.8 Å². The zero-order chi connectivity index (χ0) is 14.6. The maximum Gasteiger partial charge on any atom is 0.240 e. The highest BCUT2D eigenvalue weighted by Gasteiger charge is 2.13. The van der Waals surface area contributed by atoms with E-state index in [9.17, 15) is 8.42 Å². The Morgan fingerprint density at radius 3 is 2.37 bits per heavy atom. The number of hydrogen-bond acceptors (Lipinski definition) is 4. The van der Waals surface area contributed by atoms with Crippen molar-refractivity contribution < 1.29 is 8.42 Å². The fourth-order valence-corrected chi connectivity index (χ4v) is 2.26. The lowest BCUT2D eigenvalue weighted by Crippen LogP contribution is -2.19. The van der Waals surface area contributed by atoms with E-state index in [-0.39, 0.29) is 4.90 Å². The van der Waals surface area contributed by atoms with Crippen molar-refractivity contribution in [2.75, 3.05) is 24.6 Å². The SMILES string of the molecule is CNS(=O)(=O)c1ccc(NCC(C)C(C)C)c(N)c1. The number of nitrogens with two attached hydrogens (primary N) is 1. The molecule has 0 saturated carbocycles. The molecule has 1 aromatic rings. The number of nitrogens with one attached hydrogen (secondary N) is 2. The summed E-state index contributed by atoms with van der Waals surface area (Å²) in [6.07, 6.45) is 0. The average molecular weight is 285 g/mol. The number of hydrogen-bond donors (Lipinski definition) is 3. The maximum absolute atomic E-state index is 11.6. The topological polar surface area (TPSA) is 84.2 Å². The Kier molecular flexibility index (Phi) is 5.20. The van der Waals surface area contributed by atoms with Gasteiger partial charge in [0.2, 0.25) is 10.0 Å². The first-order valence-electron chi connectivity index (χ1n) is 6.35. The first-order chi connectivity index (χ1) is 8.77. The molecule has 0 aromatic heterocycles. The molecule has 0 bridgehead atoms. The van der Waals surface area contributed by atoms with Crippen LogP contribution in [-0.4, -0.2) is 22.0 Å². The highest BCUT2D eigenvalue weighted by Crippen LogP contribution is 2.23. The van der Waals surface area contributed by atoms with Gasteiger partial charge < -0.3 is 11.1 Å². The first-order valence-corrected chi connectivity index (χ1v) is 7.83. The van der Waals surface area contributed by atoms with Crippen LogP contribution in [0.5, 0.6) is 0 Å². The van der Waals surface area contributed by atoms with E-state index in [1.54, 1.807) is 12.1 Å². The predicted octanol–water partition coefficient (Wildman–Crippen LogP) is 1.88. The highest BCUT2D eigenvalue weighted by atomic mass is 32.2. The van der Waals surface area contributed by atoms with Gasteiger partial charge in [-0.1, -0.05) is 20.8 Å². The quantitative estimate of drug-likeness (QED) is 0.697. The predicted molar refractivity (Wildman–Crippen MR) is 79.6 cm³/mol. The summed E-state index contributed by atoms with van der Waals surface area (Å²) in [5, 5.41) is 3.25. The summed E-state index contributed by atoms with van der Waals surface area (Å²) in [6, 6.07) is 4.71. The number of sulfonamides is 1. The fourth-order valence-electron chi connectivity index (χ4n) is 1.49. The van der Waals surface area contributed by atoms with Gasteiger partial charge in [0.25, 0.3) is 0 Å². The second-order valence-electron chi connectivity index (χ2n) is 5.06. The van der Waals surface area contributed by atoms with Crippen LogP contribution in [0.3, 0.4) is 0 Å². The van der Waals surface area contributed by atoms with E-state index in [0.717, 1.165) is 12.2 Å². The number of rotatable bonds is 6. The molecule has 1 unspecified atom stereocenters. The van der Waals surface area contributed by atoms with Crippen molar-refractivity contribution in [2.45, 2.75) is 25.7 Å². The van der Waals surface area contributed by atoms with Gasteiger partial charge in [0.05, 0.1) is 16.3 Å². The van der Waals surface area contributed by atoms with Crippen LogP contribution in [0, 0.1) is 11.8 Å². The number of benzene rings is 1. The molecule has 5 nitrogen and oxygen atoms in total. The molecule has 0 aliphatic rings. The molecule has 0 radical (unpaired) electrons. The first kappa shape index (κ1) is 15.8. The molecule has 0 amide bonds. The van der Waals surface area contributed by atoms with Crippen LogP contribution in [0.15, 0.2) is 23.1 Å². The van der Waals surface area contributed by atoms with Gasteiger partial charge in [0.1, 0.15) is 0 Å². The lowest BCUT2D eigenvalue weighted by atomic mass is 9.98. The second kappa shape index (κ2) is 6.25. The van der Waals surface area contributed by atoms with Crippen LogP contribution >= 0.6 is 0 Å². The minimum atomic E-state index is -3.44. The van der Waals surface area contributed by atoms with E-state index in [0.29, 0.717) is 17.5 Å². The van der Waals surface area contributed by atoms with E-state index in [1.807, 2.05) is 0 Å². The molecule has 0 spiro atoms. The third kappa shape index (κ3) is 4.11. The molecule has 1 atom stereocenters. The molecule has 0 aliphatic heterocycles. The number of anilines is 2. The van der Waals surface area contributed by atoms with Crippen molar-refractivity contribution in [3.05, 3.63) is 18.2 Å². The maximum atomic E-state index is 11.6. The van der Waals surface area contributed by atoms with Crippen LogP contribution in [0.25, 0.3) is 0 Å². The molecule has 0 saturated heterocycles. The largest absolute Gasteiger partial charge is 0.397 e. The van der Waals surface area contributed by atoms with Gasteiger partial charge >= 0.3 is 0 Å². The molecule has 0 aliphatic carbocycles. The minimum Gasteiger partial charge on any atom is -0.397 e. The van der Waals surface area contributed by atoms with E-state index in [1.165, 1.54) is 13.1 Å². The van der Waals surface area contributed by atoms with Crippen molar-refractivity contribution in [2.24, 2.45) is 11.8 Å². The van der Waals surface area contributed by atoms with Crippen LogP contribution in [0.4, 0.5) is 11.4 Å². The third-order valence-corrected chi connectivity index (χ3v) is 4.77. The van der Waals surface area contributed by atoms with Gasteiger partial charge in [-0.3, -0.25) is 0 Å². The Morgan fingerprint density at radius 2 is 1.89 bits per heavy atom. The molecule has 4 N–H and O–H groups in total. The molecule has 1 aromatic carbocycles. The summed E-state index contributed by atoms with van der Waals surface area (Å²) in [6.45, 7) is 7.30. The Labute approximate surface area is 115 Å². The molecule has 108 valence electrons. The van der Waals surface area contributed by atoms with Crippen LogP contribution in [-0.2, 0) is 10.0 Å². The normalized spacial score (nSPS) is 13.5. The Morgan fingerprint density at radius 1 is 1.26 bits per heavy atom. The number of nitrogen functional groups attached to an aromatic ring is 1. The van der Waals surface area contributed by atoms with Gasteiger partial charge in [-0.2, -0.15) is 0 Å². The Hall–Kier alpha value is -1.27. The van der Waals surface area contributed by atoms with E-state index in [2.05, 4.69) is 30.8 Å². The zero-order valence-corrected chi connectivity index (χ0v) is 12.7. The molecular formula is C13H23N3O2S. The molecule has 6 heteroatoms. The fraction of sp³-hybridized carbons (Fsp3) is 0.538. The van der Waals surface area contributed by atoms with Gasteiger partial charge in [0, 0.05) is 6.54 Å². The molecule has 0 heterocycles. The summed E-state index contributed by atoms with van der Waals surface area (Å²) < 4.78 is 25.5. The van der Waals surface area contributed by atoms with Gasteiger partial charge in [-0.25, -0.2) is 13.1 Å². The summed E-state index contributed by atoms with van der Waals surface area (Å²) in [5.41, 5.74) is 7.08. The van der Waals surface area contributed by atoms with Crippen molar-refractivity contribution in [1.82, 2.24) is 4.72 Å². The average Bonchev–Trinajstić information content (AvgIpc) is 2.36. The smallest absolute Gasteiger partial charge is 0.240 e. The zero-order valence-electron chi connectivity index (χ0n) is 11.9. The lowest BCUT2D eigenvalue weighted by molar-refractivity contribution is 0.440. The monoisotopic (exact) mass is 285 g/mol. The van der Waals surface area contributed by atoms with Crippen LogP contribution in [0.1, 0.15) is 20.8 Å². The molecule has 1 rings (SSSR count). The third-order valence-electron chi connectivity index (χ3n) is 3.35. The van der Waals surface area contributed by atoms with E-state index < -0.39 is 10.0 Å². The van der Waals surface area contributed by atoms with Gasteiger partial charge in [-0.05, 0) is 37.1 Å². The minimum absolute atomic E-state index is 0.176. The highest BCUT2D eigenvalue weighted by molar-refractivity contribution is 7.89. The second-order valence-corrected chi connectivity index (χ2v) is 6.95. The van der Waals surface area contributed by atoms with Crippen molar-refractivity contribution >= 4 is 21.4 Å². The van der Waals surface area contributed by atoms with E-state index >= 15 is 0 Å². The van der Waals surface area contributed by atoms with E-state index in [4.69, 9.17) is 5.73 Å². The van der Waals surface area contributed by atoms with Gasteiger partial charge in [0.15, 0.2) is 0 Å². The summed E-state index contributed by atoms with van der Waals surface area (Å²) in [7, 11) is -2.06. The van der Waals surface area contributed by atoms with Crippen molar-refractivity contribution in [1.29, 1.82) is 0 Å². The summed E-state index contributed by atoms with van der Waals surface area (Å²) in [4.78, 5) is 0.176. The molecule has 0 fully saturated rings.